The molecule has 15 heavy (non-hydrogen) atoms. The van der Waals surface area contributed by atoms with Gasteiger partial charge in [-0.15, -0.1) is 0 Å². The topological polar surface area (TPSA) is 24.5 Å². The lowest BCUT2D eigenvalue weighted by molar-refractivity contribution is 0.167. The molecule has 2 saturated heterocycles. The zero-order valence-electron chi connectivity index (χ0n) is 9.87. The van der Waals surface area contributed by atoms with Gasteiger partial charge < -0.3 is 15.0 Å². The smallest absolute Gasteiger partial charge is 0.0495 e. The average molecular weight is 212 g/mol. The van der Waals surface area contributed by atoms with Gasteiger partial charge in [0.25, 0.3) is 0 Å². The van der Waals surface area contributed by atoms with Crippen LogP contribution >= 0.6 is 0 Å². The van der Waals surface area contributed by atoms with Crippen LogP contribution in [0.4, 0.5) is 0 Å². The summed E-state index contributed by atoms with van der Waals surface area (Å²) >= 11 is 0. The molecule has 3 heteroatoms. The molecule has 1 atom stereocenters. The van der Waals surface area contributed by atoms with Crippen molar-refractivity contribution in [1.29, 1.82) is 0 Å². The van der Waals surface area contributed by atoms with E-state index in [-0.39, 0.29) is 0 Å². The molecular weight excluding hydrogens is 188 g/mol. The number of nitrogens with zero attached hydrogens (tertiary/aromatic N) is 1. The van der Waals surface area contributed by atoms with Crippen molar-refractivity contribution >= 4 is 0 Å². The summed E-state index contributed by atoms with van der Waals surface area (Å²) in [6.07, 6.45) is 5.26. The van der Waals surface area contributed by atoms with E-state index in [0.29, 0.717) is 0 Å². The molecule has 2 fully saturated rings. The third-order valence-electron chi connectivity index (χ3n) is 3.87. The Morgan fingerprint density at radius 3 is 2.67 bits per heavy atom. The molecule has 0 radical (unpaired) electrons. The van der Waals surface area contributed by atoms with E-state index in [1.165, 1.54) is 45.3 Å². The van der Waals surface area contributed by atoms with Crippen LogP contribution in [0.5, 0.6) is 0 Å². The predicted octanol–water partition coefficient (Wildman–Crippen LogP) is 1.10. The van der Waals surface area contributed by atoms with Crippen LogP contribution < -0.4 is 5.32 Å². The highest BCUT2D eigenvalue weighted by Crippen LogP contribution is 2.18. The molecule has 0 aliphatic carbocycles. The monoisotopic (exact) mass is 212 g/mol. The molecule has 0 aromatic carbocycles. The molecule has 2 aliphatic rings. The van der Waals surface area contributed by atoms with Crippen molar-refractivity contribution in [3.05, 3.63) is 0 Å². The standard InChI is InChI=1S/C12H24N2O/c1-13-12-3-7-14(8-4-12)6-2-11-5-9-15-10-11/h11-13H,2-10H2,1H3. The fourth-order valence-electron chi connectivity index (χ4n) is 2.62. The predicted molar refractivity (Wildman–Crippen MR) is 62.1 cm³/mol. The molecule has 2 rings (SSSR count). The number of likely N-dealkylation sites (tertiary alicyclic amines) is 1. The number of nitrogens with one attached hydrogen (secondary N) is 1. The van der Waals surface area contributed by atoms with Crippen molar-refractivity contribution in [3.63, 3.8) is 0 Å². The molecule has 0 amide bonds. The summed E-state index contributed by atoms with van der Waals surface area (Å²) in [6.45, 7) is 5.84. The molecule has 2 heterocycles. The summed E-state index contributed by atoms with van der Waals surface area (Å²) in [6, 6.07) is 0.760. The SMILES string of the molecule is CNC1CCN(CCC2CCOC2)CC1. The molecule has 88 valence electrons. The van der Waals surface area contributed by atoms with Gasteiger partial charge in [0.2, 0.25) is 0 Å². The second kappa shape index (κ2) is 5.83. The summed E-state index contributed by atoms with van der Waals surface area (Å²) in [5, 5.41) is 3.37. The van der Waals surface area contributed by atoms with E-state index >= 15 is 0 Å². The highest BCUT2D eigenvalue weighted by atomic mass is 16.5. The molecule has 1 N–H and O–H groups in total. The van der Waals surface area contributed by atoms with E-state index in [1.807, 2.05) is 0 Å². The maximum absolute atomic E-state index is 5.40. The lowest BCUT2D eigenvalue weighted by Gasteiger charge is -2.32. The second-order valence-corrected chi connectivity index (χ2v) is 4.92. The Morgan fingerprint density at radius 1 is 1.27 bits per heavy atom. The normalized spacial score (nSPS) is 29.8. The fraction of sp³-hybridized carbons (Fsp3) is 1.00. The molecule has 0 spiro atoms. The van der Waals surface area contributed by atoms with Gasteiger partial charge in [-0.2, -0.15) is 0 Å². The van der Waals surface area contributed by atoms with Gasteiger partial charge in [-0.1, -0.05) is 0 Å². The number of rotatable bonds is 4. The van der Waals surface area contributed by atoms with Crippen molar-refractivity contribution in [3.8, 4) is 0 Å². The van der Waals surface area contributed by atoms with Crippen LogP contribution in [-0.4, -0.2) is 50.8 Å². The first-order valence-corrected chi connectivity index (χ1v) is 6.36. The Bertz CT molecular complexity index is 172. The molecule has 2 aliphatic heterocycles. The fourth-order valence-corrected chi connectivity index (χ4v) is 2.62. The van der Waals surface area contributed by atoms with E-state index in [0.717, 1.165) is 25.2 Å². The third kappa shape index (κ3) is 3.44. The number of piperidine rings is 1. The van der Waals surface area contributed by atoms with Crippen LogP contribution in [0.2, 0.25) is 0 Å². The van der Waals surface area contributed by atoms with Crippen molar-refractivity contribution < 1.29 is 4.74 Å². The van der Waals surface area contributed by atoms with E-state index in [1.54, 1.807) is 0 Å². The second-order valence-electron chi connectivity index (χ2n) is 4.92. The van der Waals surface area contributed by atoms with Gasteiger partial charge >= 0.3 is 0 Å². The number of hydrogen-bond acceptors (Lipinski definition) is 3. The third-order valence-corrected chi connectivity index (χ3v) is 3.87. The largest absolute Gasteiger partial charge is 0.381 e. The average Bonchev–Trinajstić information content (AvgIpc) is 2.80. The van der Waals surface area contributed by atoms with Gasteiger partial charge in [0.15, 0.2) is 0 Å². The molecule has 1 unspecified atom stereocenters. The Labute approximate surface area is 93.2 Å². The minimum absolute atomic E-state index is 0.760. The Kier molecular flexibility index (Phi) is 4.42. The van der Waals surface area contributed by atoms with Gasteiger partial charge in [-0.25, -0.2) is 0 Å². The van der Waals surface area contributed by atoms with Crippen molar-refractivity contribution in [2.75, 3.05) is 39.9 Å². The van der Waals surface area contributed by atoms with E-state index in [9.17, 15) is 0 Å². The number of hydrogen-bond donors (Lipinski definition) is 1. The van der Waals surface area contributed by atoms with Crippen LogP contribution in [0.15, 0.2) is 0 Å². The van der Waals surface area contributed by atoms with Gasteiger partial charge in [0.1, 0.15) is 0 Å². The van der Waals surface area contributed by atoms with Crippen LogP contribution in [0, 0.1) is 5.92 Å². The Balaban J connectivity index is 1.59. The first-order valence-electron chi connectivity index (χ1n) is 6.36. The Hall–Kier alpha value is -0.120. The van der Waals surface area contributed by atoms with E-state index in [4.69, 9.17) is 4.74 Å². The number of ether oxygens (including phenoxy) is 1. The minimum Gasteiger partial charge on any atom is -0.381 e. The first-order chi connectivity index (χ1) is 7.38. The summed E-state index contributed by atoms with van der Waals surface area (Å²) in [5.74, 6) is 0.840. The van der Waals surface area contributed by atoms with Crippen molar-refractivity contribution in [2.45, 2.75) is 31.7 Å². The van der Waals surface area contributed by atoms with Crippen molar-refractivity contribution in [2.24, 2.45) is 5.92 Å². The summed E-state index contributed by atoms with van der Waals surface area (Å²) in [5.41, 5.74) is 0. The van der Waals surface area contributed by atoms with Crippen LogP contribution in [0.25, 0.3) is 0 Å². The van der Waals surface area contributed by atoms with Crippen LogP contribution in [-0.2, 0) is 4.74 Å². The van der Waals surface area contributed by atoms with Gasteiger partial charge in [-0.05, 0) is 58.3 Å². The molecular formula is C12H24N2O. The summed E-state index contributed by atoms with van der Waals surface area (Å²) in [4.78, 5) is 2.62. The molecule has 0 bridgehead atoms. The van der Waals surface area contributed by atoms with Crippen LogP contribution in [0.1, 0.15) is 25.7 Å². The lowest BCUT2D eigenvalue weighted by atomic mass is 10.0. The van der Waals surface area contributed by atoms with Gasteiger partial charge in [-0.3, -0.25) is 0 Å². The zero-order chi connectivity index (χ0) is 10.5. The molecule has 3 nitrogen and oxygen atoms in total. The quantitative estimate of drug-likeness (QED) is 0.755. The Morgan fingerprint density at radius 2 is 2.07 bits per heavy atom. The lowest BCUT2D eigenvalue weighted by Crippen LogP contribution is -2.41. The summed E-state index contributed by atoms with van der Waals surface area (Å²) < 4.78 is 5.40. The maximum atomic E-state index is 5.40. The minimum atomic E-state index is 0.760. The first kappa shape index (κ1) is 11.4. The van der Waals surface area contributed by atoms with Crippen LogP contribution in [0.3, 0.4) is 0 Å². The zero-order valence-corrected chi connectivity index (χ0v) is 9.87. The molecule has 0 saturated carbocycles. The van der Waals surface area contributed by atoms with E-state index in [2.05, 4.69) is 17.3 Å². The molecule has 0 aromatic rings. The highest BCUT2D eigenvalue weighted by molar-refractivity contribution is 4.76. The maximum Gasteiger partial charge on any atom is 0.0495 e. The summed E-state index contributed by atoms with van der Waals surface area (Å²) in [7, 11) is 2.08. The van der Waals surface area contributed by atoms with E-state index < -0.39 is 0 Å². The van der Waals surface area contributed by atoms with Gasteiger partial charge in [0.05, 0.1) is 0 Å². The highest BCUT2D eigenvalue weighted by Gasteiger charge is 2.20. The van der Waals surface area contributed by atoms with Gasteiger partial charge in [0, 0.05) is 19.3 Å². The van der Waals surface area contributed by atoms with Crippen molar-refractivity contribution in [1.82, 2.24) is 10.2 Å². The molecule has 0 aromatic heterocycles.